The molecule has 3 nitrogen and oxygen atoms in total. The van der Waals surface area contributed by atoms with Gasteiger partial charge in [0.25, 0.3) is 0 Å². The van der Waals surface area contributed by atoms with Gasteiger partial charge in [0.05, 0.1) is 5.71 Å². The molecular weight excluding hydrogens is 425 g/mol. The van der Waals surface area contributed by atoms with Gasteiger partial charge < -0.3 is 25.4 Å². The van der Waals surface area contributed by atoms with Crippen LogP contribution < -0.4 is 0 Å². The van der Waals surface area contributed by atoms with Crippen molar-refractivity contribution in [3.05, 3.63) is 20.2 Å². The Balaban J connectivity index is -0.0000000425. The summed E-state index contributed by atoms with van der Waals surface area (Å²) in [4.78, 5) is 0. The summed E-state index contributed by atoms with van der Waals surface area (Å²) < 4.78 is 0. The second-order valence-corrected chi connectivity index (χ2v) is 1.84. The van der Waals surface area contributed by atoms with Crippen molar-refractivity contribution < 1.29 is 59.0 Å². The van der Waals surface area contributed by atoms with Crippen molar-refractivity contribution in [1.82, 2.24) is 0 Å². The van der Waals surface area contributed by atoms with Crippen LogP contribution in [0.15, 0.2) is 5.16 Å². The second-order valence-electron chi connectivity index (χ2n) is 1.84. The third-order valence-electron chi connectivity index (χ3n) is 1.26. The molecule has 0 atom stereocenters. The molecular formula is C9H21N2OWY-3. The molecule has 0 saturated carbocycles. The van der Waals surface area contributed by atoms with Crippen LogP contribution >= 0.6 is 0 Å². The Bertz CT molecular complexity index is 105. The van der Waals surface area contributed by atoms with Crippen LogP contribution in [0.2, 0.25) is 0 Å². The summed E-state index contributed by atoms with van der Waals surface area (Å²) in [5.74, 6) is 0. The van der Waals surface area contributed by atoms with E-state index in [9.17, 15) is 0 Å². The molecule has 1 saturated heterocycles. The quantitative estimate of drug-likeness (QED) is 0.348. The third-order valence-corrected chi connectivity index (χ3v) is 1.26. The summed E-state index contributed by atoms with van der Waals surface area (Å²) in [6, 6.07) is 0. The SMILES string of the molecule is CC.ON=C1CC[N-]CC1.[CH3-].[CH3-].[W].[Y]. The number of nitrogens with zero attached hydrogens (tertiary/aromatic N) is 2. The fourth-order valence-electron chi connectivity index (χ4n) is 0.753. The van der Waals surface area contributed by atoms with Gasteiger partial charge in [0.15, 0.2) is 0 Å². The van der Waals surface area contributed by atoms with Crippen molar-refractivity contribution in [1.29, 1.82) is 0 Å². The monoisotopic (exact) mass is 446 g/mol. The van der Waals surface area contributed by atoms with Crippen molar-refractivity contribution in [3.63, 3.8) is 0 Å². The predicted molar refractivity (Wildman–Crippen MR) is 55.7 cm³/mol. The van der Waals surface area contributed by atoms with E-state index in [0.29, 0.717) is 0 Å². The smallest absolute Gasteiger partial charge is 0.0536 e. The Morgan fingerprint density at radius 3 is 1.71 bits per heavy atom. The molecule has 14 heavy (non-hydrogen) atoms. The Labute approximate surface area is 129 Å². The average molecular weight is 446 g/mol. The van der Waals surface area contributed by atoms with Crippen LogP contribution in [0.5, 0.6) is 0 Å². The van der Waals surface area contributed by atoms with Gasteiger partial charge in [0, 0.05) is 53.8 Å². The largest absolute Gasteiger partial charge is 0.662 e. The fourth-order valence-corrected chi connectivity index (χ4v) is 0.753. The van der Waals surface area contributed by atoms with Crippen molar-refractivity contribution >= 4 is 5.71 Å². The van der Waals surface area contributed by atoms with Gasteiger partial charge >= 0.3 is 0 Å². The standard InChI is InChI=1S/C5H9N2O.C2H6.2CH3.W.Y/c8-7-5-1-3-6-4-2-5;1-2;;;;/h8H,1-4H2;1-2H3;2*1H3;;/q-1;;2*-1;;. The van der Waals surface area contributed by atoms with E-state index in [0.717, 1.165) is 31.6 Å². The zero-order valence-electron chi connectivity index (χ0n) is 9.66. The van der Waals surface area contributed by atoms with Gasteiger partial charge in [-0.25, -0.2) is 0 Å². The number of piperidine rings is 1. The molecule has 5 heteroatoms. The first kappa shape index (κ1) is 29.5. The zero-order valence-corrected chi connectivity index (χ0v) is 15.4. The minimum Gasteiger partial charge on any atom is -0.662 e. The van der Waals surface area contributed by atoms with Gasteiger partial charge in [0.2, 0.25) is 0 Å². The van der Waals surface area contributed by atoms with Crippen molar-refractivity contribution in [2.45, 2.75) is 26.7 Å². The first-order valence-electron chi connectivity index (χ1n) is 3.76. The zero-order chi connectivity index (χ0) is 7.82. The molecule has 1 fully saturated rings. The average Bonchev–Trinajstić information content (AvgIpc) is 2.10. The second kappa shape index (κ2) is 23.8. The molecule has 0 aromatic carbocycles. The minimum absolute atomic E-state index is 0. The van der Waals surface area contributed by atoms with E-state index in [1.165, 1.54) is 0 Å². The number of rotatable bonds is 0. The van der Waals surface area contributed by atoms with E-state index in [-0.39, 0.29) is 68.6 Å². The van der Waals surface area contributed by atoms with Crippen LogP contribution in [-0.4, -0.2) is 24.0 Å². The molecule has 0 amide bonds. The summed E-state index contributed by atoms with van der Waals surface area (Å²) in [5, 5.41) is 15.4. The van der Waals surface area contributed by atoms with Crippen LogP contribution in [0.3, 0.4) is 0 Å². The van der Waals surface area contributed by atoms with Gasteiger partial charge in [-0.3, -0.25) is 0 Å². The van der Waals surface area contributed by atoms with E-state index >= 15 is 0 Å². The van der Waals surface area contributed by atoms with Crippen molar-refractivity contribution in [2.24, 2.45) is 5.16 Å². The van der Waals surface area contributed by atoms with Gasteiger partial charge in [-0.1, -0.05) is 19.0 Å². The topological polar surface area (TPSA) is 46.7 Å². The maximum Gasteiger partial charge on any atom is 0.0536 e. The Kier molecular flexibility index (Phi) is 50.1. The summed E-state index contributed by atoms with van der Waals surface area (Å²) in [7, 11) is 0. The van der Waals surface area contributed by atoms with Gasteiger partial charge in [0.1, 0.15) is 0 Å². The van der Waals surface area contributed by atoms with Crippen LogP contribution in [0.25, 0.3) is 5.32 Å². The van der Waals surface area contributed by atoms with Crippen LogP contribution in [0.4, 0.5) is 0 Å². The number of oxime groups is 1. The molecule has 85 valence electrons. The Hall–Kier alpha value is 1.22. The summed E-state index contributed by atoms with van der Waals surface area (Å²) >= 11 is 0. The first-order chi connectivity index (χ1) is 4.93. The van der Waals surface area contributed by atoms with Crippen LogP contribution in [-0.2, 0) is 53.8 Å². The number of hydrogen-bond acceptors (Lipinski definition) is 2. The van der Waals surface area contributed by atoms with E-state index in [4.69, 9.17) is 5.21 Å². The van der Waals surface area contributed by atoms with E-state index in [2.05, 4.69) is 10.5 Å². The van der Waals surface area contributed by atoms with Gasteiger partial charge in [-0.2, -0.15) is 0 Å². The molecule has 0 spiro atoms. The molecule has 0 aliphatic carbocycles. The van der Waals surface area contributed by atoms with E-state index < -0.39 is 0 Å². The summed E-state index contributed by atoms with van der Waals surface area (Å²) in [6.45, 7) is 5.67. The molecule has 1 N–H and O–H groups in total. The fraction of sp³-hybridized carbons (Fsp3) is 0.667. The molecule has 0 aromatic heterocycles. The van der Waals surface area contributed by atoms with Crippen molar-refractivity contribution in [2.75, 3.05) is 13.1 Å². The Morgan fingerprint density at radius 1 is 1.14 bits per heavy atom. The maximum atomic E-state index is 8.24. The molecule has 1 aliphatic rings. The molecule has 1 radical (unpaired) electrons. The maximum absolute atomic E-state index is 8.24. The van der Waals surface area contributed by atoms with Crippen molar-refractivity contribution in [3.8, 4) is 0 Å². The predicted octanol–water partition coefficient (Wildman–Crippen LogP) is 2.91. The minimum atomic E-state index is 0. The van der Waals surface area contributed by atoms with E-state index in [1.54, 1.807) is 0 Å². The first-order valence-corrected chi connectivity index (χ1v) is 3.76. The molecule has 0 unspecified atom stereocenters. The van der Waals surface area contributed by atoms with Crippen LogP contribution in [0.1, 0.15) is 26.7 Å². The Morgan fingerprint density at radius 2 is 1.50 bits per heavy atom. The third kappa shape index (κ3) is 15.7. The molecule has 1 rings (SSSR count). The summed E-state index contributed by atoms with van der Waals surface area (Å²) in [6.07, 6.45) is 1.69. The molecule has 1 heterocycles. The number of hydrogen-bond donors (Lipinski definition) is 1. The van der Waals surface area contributed by atoms with E-state index in [1.807, 2.05) is 13.8 Å². The van der Waals surface area contributed by atoms with Gasteiger partial charge in [-0.15, -0.1) is 13.1 Å². The molecule has 1 aliphatic heterocycles. The summed E-state index contributed by atoms with van der Waals surface area (Å²) in [5.41, 5.74) is 0.889. The van der Waals surface area contributed by atoms with Gasteiger partial charge in [-0.05, 0) is 12.8 Å². The molecule has 0 bridgehead atoms. The normalized spacial score (nSPS) is 12.3. The molecule has 0 aromatic rings. The van der Waals surface area contributed by atoms with Crippen LogP contribution in [0, 0.1) is 14.9 Å².